The van der Waals surface area contributed by atoms with Gasteiger partial charge < -0.3 is 9.47 Å². The minimum absolute atomic E-state index is 0.133. The van der Waals surface area contributed by atoms with E-state index in [1.165, 1.54) is 18.3 Å². The maximum absolute atomic E-state index is 14.4. The van der Waals surface area contributed by atoms with Gasteiger partial charge in [0, 0.05) is 43.7 Å². The number of hydrogen-bond donors (Lipinski definition) is 0. The predicted octanol–water partition coefficient (Wildman–Crippen LogP) is 3.96. The van der Waals surface area contributed by atoms with Gasteiger partial charge in [-0.15, -0.1) is 0 Å². The molecule has 2 heterocycles. The van der Waals surface area contributed by atoms with Crippen LogP contribution in [-0.2, 0) is 13.6 Å². The molecular weight excluding hydrogens is 362 g/mol. The van der Waals surface area contributed by atoms with Gasteiger partial charge in [-0.25, -0.2) is 14.4 Å². The fourth-order valence-corrected chi connectivity index (χ4v) is 3.39. The van der Waals surface area contributed by atoms with Crippen LogP contribution in [0.1, 0.15) is 35.3 Å². The smallest absolute Gasteiger partial charge is 0.274 e. The first-order valence-electron chi connectivity index (χ1n) is 9.20. The Kier molecular flexibility index (Phi) is 4.90. The maximum Gasteiger partial charge on any atom is 0.274 e. The Morgan fingerprint density at radius 3 is 2.68 bits per heavy atom. The SMILES string of the molecule is Cn1cnc(C(=O)N(Cc2ccc(F)c(-c3ccnc(F)c3)c2)C2CCC2)c1. The average molecular weight is 382 g/mol. The normalized spacial score (nSPS) is 14.0. The van der Waals surface area contributed by atoms with Crippen LogP contribution in [0, 0.1) is 11.8 Å². The largest absolute Gasteiger partial charge is 0.340 e. The van der Waals surface area contributed by atoms with Gasteiger partial charge in [0.15, 0.2) is 0 Å². The van der Waals surface area contributed by atoms with E-state index in [1.807, 2.05) is 7.05 Å². The van der Waals surface area contributed by atoms with Crippen molar-refractivity contribution in [3.63, 3.8) is 0 Å². The first kappa shape index (κ1) is 18.3. The molecule has 1 aliphatic carbocycles. The highest BCUT2D eigenvalue weighted by atomic mass is 19.1. The molecular formula is C21H20F2N4O. The van der Waals surface area contributed by atoms with E-state index >= 15 is 0 Å². The van der Waals surface area contributed by atoms with Gasteiger partial charge in [0.05, 0.1) is 6.33 Å². The zero-order valence-electron chi connectivity index (χ0n) is 15.5. The Bertz CT molecular complexity index is 1010. The molecule has 0 spiro atoms. The van der Waals surface area contributed by atoms with Crippen molar-refractivity contribution < 1.29 is 13.6 Å². The fraction of sp³-hybridized carbons (Fsp3) is 0.286. The molecule has 1 amide bonds. The van der Waals surface area contributed by atoms with Crippen LogP contribution in [0.25, 0.3) is 11.1 Å². The highest BCUT2D eigenvalue weighted by Crippen LogP contribution is 2.29. The number of aryl methyl sites for hydroxylation is 1. The van der Waals surface area contributed by atoms with E-state index in [0.29, 0.717) is 17.8 Å². The van der Waals surface area contributed by atoms with Crippen molar-refractivity contribution in [1.29, 1.82) is 0 Å². The van der Waals surface area contributed by atoms with Crippen LogP contribution in [0.4, 0.5) is 8.78 Å². The van der Waals surface area contributed by atoms with Crippen molar-refractivity contribution in [1.82, 2.24) is 19.4 Å². The highest BCUT2D eigenvalue weighted by molar-refractivity contribution is 5.92. The zero-order valence-corrected chi connectivity index (χ0v) is 15.5. The maximum atomic E-state index is 14.4. The Balaban J connectivity index is 1.64. The van der Waals surface area contributed by atoms with Crippen molar-refractivity contribution in [2.24, 2.45) is 7.05 Å². The third-order valence-corrected chi connectivity index (χ3v) is 5.12. The summed E-state index contributed by atoms with van der Waals surface area (Å²) in [5.41, 5.74) is 1.88. The van der Waals surface area contributed by atoms with Gasteiger partial charge in [-0.3, -0.25) is 4.79 Å². The van der Waals surface area contributed by atoms with Crippen molar-refractivity contribution in [2.75, 3.05) is 0 Å². The van der Waals surface area contributed by atoms with Crippen molar-refractivity contribution in [2.45, 2.75) is 31.8 Å². The molecule has 0 unspecified atom stereocenters. The second-order valence-corrected chi connectivity index (χ2v) is 7.12. The molecule has 1 aliphatic rings. The highest BCUT2D eigenvalue weighted by Gasteiger charge is 2.30. The summed E-state index contributed by atoms with van der Waals surface area (Å²) in [6, 6.07) is 7.60. The summed E-state index contributed by atoms with van der Waals surface area (Å²) < 4.78 is 29.5. The molecule has 0 bridgehead atoms. The van der Waals surface area contributed by atoms with Gasteiger partial charge in [-0.2, -0.15) is 4.39 Å². The number of hydrogen-bond acceptors (Lipinski definition) is 3. The molecule has 3 aromatic rings. The van der Waals surface area contributed by atoms with Gasteiger partial charge in [-0.1, -0.05) is 6.07 Å². The molecule has 4 rings (SSSR count). The third-order valence-electron chi connectivity index (χ3n) is 5.12. The molecule has 0 aliphatic heterocycles. The van der Waals surface area contributed by atoms with E-state index < -0.39 is 11.8 Å². The molecule has 5 nitrogen and oxygen atoms in total. The molecule has 1 saturated carbocycles. The predicted molar refractivity (Wildman–Crippen MR) is 100 cm³/mol. The monoisotopic (exact) mass is 382 g/mol. The molecule has 0 atom stereocenters. The van der Waals surface area contributed by atoms with Gasteiger partial charge >= 0.3 is 0 Å². The summed E-state index contributed by atoms with van der Waals surface area (Å²) in [6.07, 6.45) is 7.58. The lowest BCUT2D eigenvalue weighted by Crippen LogP contribution is -2.43. The van der Waals surface area contributed by atoms with E-state index in [0.717, 1.165) is 24.8 Å². The number of pyridine rings is 1. The van der Waals surface area contributed by atoms with Crippen LogP contribution in [0.2, 0.25) is 0 Å². The van der Waals surface area contributed by atoms with E-state index in [9.17, 15) is 13.6 Å². The lowest BCUT2D eigenvalue weighted by atomic mass is 9.90. The zero-order chi connectivity index (χ0) is 19.7. The lowest BCUT2D eigenvalue weighted by Gasteiger charge is -2.37. The number of aromatic nitrogens is 3. The summed E-state index contributed by atoms with van der Waals surface area (Å²) in [6.45, 7) is 0.348. The number of carbonyl (C=O) groups is 1. The lowest BCUT2D eigenvalue weighted by molar-refractivity contribution is 0.0551. The first-order chi connectivity index (χ1) is 13.5. The number of nitrogens with zero attached hydrogens (tertiary/aromatic N) is 4. The molecule has 0 N–H and O–H groups in total. The number of halogens is 2. The van der Waals surface area contributed by atoms with Crippen molar-refractivity contribution in [3.8, 4) is 11.1 Å². The second kappa shape index (κ2) is 7.50. The summed E-state index contributed by atoms with van der Waals surface area (Å²) in [7, 11) is 1.82. The average Bonchev–Trinajstić information content (AvgIpc) is 3.07. The Morgan fingerprint density at radius 1 is 1.21 bits per heavy atom. The molecule has 2 aromatic heterocycles. The molecule has 7 heteroatoms. The van der Waals surface area contributed by atoms with Crippen LogP contribution in [-0.4, -0.2) is 31.4 Å². The minimum Gasteiger partial charge on any atom is -0.340 e. The Hall–Kier alpha value is -3.09. The first-order valence-corrected chi connectivity index (χ1v) is 9.20. The number of amides is 1. The number of rotatable bonds is 5. The van der Waals surface area contributed by atoms with Crippen molar-refractivity contribution in [3.05, 3.63) is 72.1 Å². The number of benzene rings is 1. The molecule has 144 valence electrons. The molecule has 1 aromatic carbocycles. The van der Waals surface area contributed by atoms with Crippen LogP contribution in [0.5, 0.6) is 0 Å². The van der Waals surface area contributed by atoms with Crippen LogP contribution in [0.3, 0.4) is 0 Å². The molecule has 1 fully saturated rings. The Morgan fingerprint density at radius 2 is 2.04 bits per heavy atom. The quantitative estimate of drug-likeness (QED) is 0.628. The summed E-state index contributed by atoms with van der Waals surface area (Å²) in [5.74, 6) is -1.24. The van der Waals surface area contributed by atoms with E-state index in [2.05, 4.69) is 9.97 Å². The van der Waals surface area contributed by atoms with Gasteiger partial charge in [0.2, 0.25) is 5.95 Å². The van der Waals surface area contributed by atoms with Crippen LogP contribution in [0.15, 0.2) is 49.1 Å². The number of carbonyl (C=O) groups excluding carboxylic acids is 1. The van der Waals surface area contributed by atoms with Crippen molar-refractivity contribution >= 4 is 5.91 Å². The standard InChI is InChI=1S/C21H20F2N4O/c1-26-12-19(25-13-26)21(28)27(16-3-2-4-16)11-14-5-6-18(22)17(9-14)15-7-8-24-20(23)10-15/h5-10,12-13,16H,2-4,11H2,1H3. The van der Waals surface area contributed by atoms with E-state index in [1.54, 1.807) is 40.2 Å². The third kappa shape index (κ3) is 3.65. The van der Waals surface area contributed by atoms with Crippen LogP contribution >= 0.6 is 0 Å². The minimum atomic E-state index is -0.663. The van der Waals surface area contributed by atoms with Gasteiger partial charge in [-0.05, 0) is 48.6 Å². The summed E-state index contributed by atoms with van der Waals surface area (Å²) in [5, 5.41) is 0. The molecule has 0 radical (unpaired) electrons. The van der Waals surface area contributed by atoms with Crippen LogP contribution < -0.4 is 0 Å². The molecule has 28 heavy (non-hydrogen) atoms. The topological polar surface area (TPSA) is 51.0 Å². The fourth-order valence-electron chi connectivity index (χ4n) is 3.39. The van der Waals surface area contributed by atoms with E-state index in [4.69, 9.17) is 0 Å². The second-order valence-electron chi connectivity index (χ2n) is 7.12. The number of imidazole rings is 1. The summed E-state index contributed by atoms with van der Waals surface area (Å²) in [4.78, 5) is 22.5. The summed E-state index contributed by atoms with van der Waals surface area (Å²) >= 11 is 0. The van der Waals surface area contributed by atoms with E-state index in [-0.39, 0.29) is 17.5 Å². The molecule has 0 saturated heterocycles. The van der Waals surface area contributed by atoms with Gasteiger partial charge in [0.25, 0.3) is 5.91 Å². The Labute approximate surface area is 161 Å². The van der Waals surface area contributed by atoms with Gasteiger partial charge in [0.1, 0.15) is 11.5 Å².